The molecule has 43 heavy (non-hydrogen) atoms. The summed E-state index contributed by atoms with van der Waals surface area (Å²) in [6.07, 6.45) is 8.16. The number of fused-ring (bicyclic) bond motifs is 2. The van der Waals surface area contributed by atoms with Crippen LogP contribution in [0.25, 0.3) is 21.8 Å². The molecular weight excluding hydrogens is 534 g/mol. The molecule has 0 aliphatic heterocycles. The standard InChI is InChI=1S/C35H39N7O/c1-35(2,36)34(43)39-31(21-26-23-38-30-17-9-7-15-28(26)30)33-41-40-32(42(33)20-19-24-11-4-3-5-12-24)18-10-13-25-22-37-29-16-8-6-14-27(25)29/h3-9,11-12,14-17,22-23,31,37-38H,10,13,18-21,36H2,1-2H3,(H,39,43). The molecule has 6 rings (SSSR count). The first kappa shape index (κ1) is 28.4. The van der Waals surface area contributed by atoms with Crippen molar-refractivity contribution in [3.05, 3.63) is 120 Å². The van der Waals surface area contributed by atoms with Gasteiger partial charge in [0.15, 0.2) is 5.82 Å². The van der Waals surface area contributed by atoms with Gasteiger partial charge < -0.3 is 25.6 Å². The van der Waals surface area contributed by atoms with E-state index >= 15 is 0 Å². The predicted molar refractivity (Wildman–Crippen MR) is 172 cm³/mol. The molecule has 6 aromatic rings. The number of carbonyl (C=O) groups excluding carboxylic acids is 1. The van der Waals surface area contributed by atoms with Gasteiger partial charge in [0.2, 0.25) is 5.91 Å². The summed E-state index contributed by atoms with van der Waals surface area (Å²) in [5.41, 5.74) is 11.1. The van der Waals surface area contributed by atoms with Crippen LogP contribution in [0.1, 0.15) is 54.6 Å². The lowest BCUT2D eigenvalue weighted by Gasteiger charge is -2.25. The van der Waals surface area contributed by atoms with Gasteiger partial charge in [0, 0.05) is 53.6 Å². The number of hydrogen-bond acceptors (Lipinski definition) is 4. The zero-order chi connectivity index (χ0) is 29.8. The van der Waals surface area contributed by atoms with E-state index in [0.29, 0.717) is 13.0 Å². The Kier molecular flexibility index (Phi) is 8.11. The number of benzene rings is 3. The summed E-state index contributed by atoms with van der Waals surface area (Å²) in [5.74, 6) is 1.45. The molecule has 8 nitrogen and oxygen atoms in total. The van der Waals surface area contributed by atoms with Crippen LogP contribution < -0.4 is 11.1 Å². The third kappa shape index (κ3) is 6.39. The van der Waals surface area contributed by atoms with Gasteiger partial charge >= 0.3 is 0 Å². The number of hydrogen-bond donors (Lipinski definition) is 4. The van der Waals surface area contributed by atoms with Crippen LogP contribution in [0.4, 0.5) is 0 Å². The number of aromatic nitrogens is 5. The van der Waals surface area contributed by atoms with Gasteiger partial charge in [-0.1, -0.05) is 66.7 Å². The van der Waals surface area contributed by atoms with E-state index < -0.39 is 11.6 Å². The lowest BCUT2D eigenvalue weighted by atomic mass is 10.0. The number of carbonyl (C=O) groups is 1. The lowest BCUT2D eigenvalue weighted by Crippen LogP contribution is -2.50. The van der Waals surface area contributed by atoms with Crippen LogP contribution in [0.5, 0.6) is 0 Å². The minimum absolute atomic E-state index is 0.226. The van der Waals surface area contributed by atoms with E-state index in [1.807, 2.05) is 24.4 Å². The third-order valence-corrected chi connectivity index (χ3v) is 8.15. The predicted octanol–water partition coefficient (Wildman–Crippen LogP) is 5.80. The lowest BCUT2D eigenvalue weighted by molar-refractivity contribution is -0.126. The van der Waals surface area contributed by atoms with Crippen LogP contribution in [0.15, 0.2) is 91.3 Å². The van der Waals surface area contributed by atoms with Crippen molar-refractivity contribution in [2.45, 2.75) is 64.1 Å². The summed E-state index contributed by atoms with van der Waals surface area (Å²) in [6.45, 7) is 4.16. The molecule has 0 spiro atoms. The van der Waals surface area contributed by atoms with Crippen LogP contribution in [0.2, 0.25) is 0 Å². The molecule has 0 saturated heterocycles. The van der Waals surface area contributed by atoms with E-state index in [4.69, 9.17) is 15.9 Å². The maximum absolute atomic E-state index is 13.2. The molecule has 0 aliphatic carbocycles. The van der Waals surface area contributed by atoms with Gasteiger partial charge in [0.1, 0.15) is 5.82 Å². The average Bonchev–Trinajstić information content (AvgIpc) is 3.73. The number of amides is 1. The minimum atomic E-state index is -1.03. The van der Waals surface area contributed by atoms with E-state index in [1.54, 1.807) is 13.8 Å². The highest BCUT2D eigenvalue weighted by Gasteiger charge is 2.29. The van der Waals surface area contributed by atoms with E-state index in [9.17, 15) is 4.79 Å². The van der Waals surface area contributed by atoms with Crippen LogP contribution >= 0.6 is 0 Å². The summed E-state index contributed by atoms with van der Waals surface area (Å²) in [6, 6.07) is 26.7. The minimum Gasteiger partial charge on any atom is -0.361 e. The van der Waals surface area contributed by atoms with Gasteiger partial charge in [-0.15, -0.1) is 10.2 Å². The van der Waals surface area contributed by atoms with Crippen LogP contribution in [0.3, 0.4) is 0 Å². The van der Waals surface area contributed by atoms with E-state index in [-0.39, 0.29) is 5.91 Å². The molecule has 3 aromatic heterocycles. The molecule has 0 fully saturated rings. The number of nitrogens with zero attached hydrogens (tertiary/aromatic N) is 3. The van der Waals surface area contributed by atoms with Crippen LogP contribution in [-0.2, 0) is 37.0 Å². The van der Waals surface area contributed by atoms with Crippen LogP contribution in [-0.4, -0.2) is 36.2 Å². The summed E-state index contributed by atoms with van der Waals surface area (Å²) < 4.78 is 2.21. The Morgan fingerprint density at radius 2 is 1.47 bits per heavy atom. The fourth-order valence-electron chi connectivity index (χ4n) is 5.77. The van der Waals surface area contributed by atoms with E-state index in [2.05, 4.69) is 86.7 Å². The Morgan fingerprint density at radius 1 is 0.837 bits per heavy atom. The first-order valence-electron chi connectivity index (χ1n) is 15.0. The molecule has 0 radical (unpaired) electrons. The Balaban J connectivity index is 1.31. The molecule has 1 atom stereocenters. The van der Waals surface area contributed by atoms with Crippen molar-refractivity contribution in [1.82, 2.24) is 30.0 Å². The van der Waals surface area contributed by atoms with Crippen molar-refractivity contribution >= 4 is 27.7 Å². The molecule has 3 heterocycles. The third-order valence-electron chi connectivity index (χ3n) is 8.15. The van der Waals surface area contributed by atoms with E-state index in [0.717, 1.165) is 59.3 Å². The van der Waals surface area contributed by atoms with Crippen molar-refractivity contribution in [2.24, 2.45) is 5.73 Å². The molecule has 0 aliphatic rings. The maximum atomic E-state index is 13.2. The molecular formula is C35H39N7O. The van der Waals surface area contributed by atoms with Gasteiger partial charge in [-0.3, -0.25) is 4.79 Å². The summed E-state index contributed by atoms with van der Waals surface area (Å²) in [7, 11) is 0. The van der Waals surface area contributed by atoms with Gasteiger partial charge in [-0.2, -0.15) is 0 Å². The fraction of sp³-hybridized carbons (Fsp3) is 0.286. The highest BCUT2D eigenvalue weighted by Crippen LogP contribution is 2.26. The Morgan fingerprint density at radius 3 is 2.16 bits per heavy atom. The Hall–Kier alpha value is -4.69. The highest BCUT2D eigenvalue weighted by atomic mass is 16.2. The number of aryl methyl sites for hydroxylation is 3. The van der Waals surface area contributed by atoms with Crippen molar-refractivity contribution in [1.29, 1.82) is 0 Å². The number of para-hydroxylation sites is 2. The number of nitrogens with one attached hydrogen (secondary N) is 3. The number of aromatic amines is 2. The molecule has 220 valence electrons. The van der Waals surface area contributed by atoms with Gasteiger partial charge in [0.05, 0.1) is 11.6 Å². The SMILES string of the molecule is CC(C)(N)C(=O)NC(Cc1c[nH]c2ccccc12)c1nnc(CCCc2c[nH]c3ccccc23)n1CCc1ccccc1. The maximum Gasteiger partial charge on any atom is 0.240 e. The number of rotatable bonds is 12. The van der Waals surface area contributed by atoms with Crippen molar-refractivity contribution in [2.75, 3.05) is 0 Å². The number of nitrogens with two attached hydrogens (primary N) is 1. The van der Waals surface area contributed by atoms with Crippen LogP contribution in [0, 0.1) is 0 Å². The summed E-state index contributed by atoms with van der Waals surface area (Å²) in [4.78, 5) is 20.0. The van der Waals surface area contributed by atoms with Crippen molar-refractivity contribution in [3.8, 4) is 0 Å². The quantitative estimate of drug-likeness (QED) is 0.148. The first-order valence-corrected chi connectivity index (χ1v) is 15.0. The molecule has 3 aromatic carbocycles. The molecule has 5 N–H and O–H groups in total. The van der Waals surface area contributed by atoms with Gasteiger partial charge in [0.25, 0.3) is 0 Å². The van der Waals surface area contributed by atoms with E-state index in [1.165, 1.54) is 16.5 Å². The largest absolute Gasteiger partial charge is 0.361 e. The highest BCUT2D eigenvalue weighted by molar-refractivity contribution is 5.86. The second kappa shape index (κ2) is 12.3. The molecule has 8 heteroatoms. The summed E-state index contributed by atoms with van der Waals surface area (Å²) >= 11 is 0. The fourth-order valence-corrected chi connectivity index (χ4v) is 5.77. The van der Waals surface area contributed by atoms with Crippen molar-refractivity contribution in [3.63, 3.8) is 0 Å². The zero-order valence-corrected chi connectivity index (χ0v) is 24.8. The first-order chi connectivity index (χ1) is 20.9. The molecule has 1 unspecified atom stereocenters. The molecule has 1 amide bonds. The van der Waals surface area contributed by atoms with Gasteiger partial charge in [-0.05, 0) is 61.9 Å². The Bertz CT molecular complexity index is 1820. The second-order valence-electron chi connectivity index (χ2n) is 11.9. The van der Waals surface area contributed by atoms with Gasteiger partial charge in [-0.25, -0.2) is 0 Å². The molecule has 0 bridgehead atoms. The Labute approximate surface area is 251 Å². The smallest absolute Gasteiger partial charge is 0.240 e. The number of H-pyrrole nitrogens is 2. The second-order valence-corrected chi connectivity index (χ2v) is 11.9. The average molecular weight is 574 g/mol. The summed E-state index contributed by atoms with van der Waals surface area (Å²) in [5, 5.41) is 15.1. The zero-order valence-electron chi connectivity index (χ0n) is 24.8. The normalized spacial score (nSPS) is 12.6. The van der Waals surface area contributed by atoms with Crippen molar-refractivity contribution < 1.29 is 4.79 Å². The monoisotopic (exact) mass is 573 g/mol. The topological polar surface area (TPSA) is 117 Å². The molecule has 0 saturated carbocycles.